The van der Waals surface area contributed by atoms with Crippen LogP contribution in [0.3, 0.4) is 0 Å². The molecule has 1 aliphatic rings. The van der Waals surface area contributed by atoms with Crippen LogP contribution in [0.5, 0.6) is 0 Å². The molecule has 2 heterocycles. The van der Waals surface area contributed by atoms with Crippen molar-refractivity contribution in [2.45, 2.75) is 26.8 Å². The standard InChI is InChI=1S/C23H34N4O3S/c1-17-13-18(2)20-15-19(22(28)25-21(20)14-17)16-27(23(31)24-5-4-10-29-3)7-6-26-8-11-30-12-9-26/h13-15H,4-12,16H2,1-3H3,(H,24,31)(H,25,28). The number of fused-ring (bicyclic) bond motifs is 1. The summed E-state index contributed by atoms with van der Waals surface area (Å²) in [6, 6.07) is 6.17. The van der Waals surface area contributed by atoms with Gasteiger partial charge in [0.05, 0.1) is 19.8 Å². The van der Waals surface area contributed by atoms with Gasteiger partial charge in [0, 0.05) is 62.9 Å². The Kier molecular flexibility index (Phi) is 8.83. The number of H-pyrrole nitrogens is 1. The number of thiocarbonyl (C=S) groups is 1. The molecule has 2 N–H and O–H groups in total. The molecule has 0 unspecified atom stereocenters. The summed E-state index contributed by atoms with van der Waals surface area (Å²) in [5.74, 6) is 0. The average molecular weight is 447 g/mol. The second kappa shape index (κ2) is 11.6. The fraction of sp³-hybridized carbons (Fsp3) is 0.565. The first-order chi connectivity index (χ1) is 15.0. The SMILES string of the molecule is COCCCNC(=S)N(CCN1CCOCC1)Cc1cc2c(C)cc(C)cc2[nH]c1=O. The zero-order chi connectivity index (χ0) is 22.2. The van der Waals surface area contributed by atoms with Gasteiger partial charge in [-0.15, -0.1) is 0 Å². The summed E-state index contributed by atoms with van der Waals surface area (Å²) in [4.78, 5) is 20.4. The van der Waals surface area contributed by atoms with E-state index in [0.717, 1.165) is 80.0 Å². The molecular formula is C23H34N4O3S. The molecule has 1 aliphatic heterocycles. The van der Waals surface area contributed by atoms with Crippen LogP contribution in [0, 0.1) is 13.8 Å². The highest BCUT2D eigenvalue weighted by Gasteiger charge is 2.17. The lowest BCUT2D eigenvalue weighted by molar-refractivity contribution is 0.0357. The molecule has 0 aliphatic carbocycles. The molecule has 0 amide bonds. The first-order valence-corrected chi connectivity index (χ1v) is 11.3. The van der Waals surface area contributed by atoms with Crippen LogP contribution in [0.2, 0.25) is 0 Å². The summed E-state index contributed by atoms with van der Waals surface area (Å²) >= 11 is 5.69. The van der Waals surface area contributed by atoms with Gasteiger partial charge in [0.2, 0.25) is 0 Å². The molecule has 1 saturated heterocycles. The van der Waals surface area contributed by atoms with Crippen LogP contribution in [-0.2, 0) is 16.0 Å². The van der Waals surface area contributed by atoms with Gasteiger partial charge in [-0.1, -0.05) is 6.07 Å². The molecule has 0 radical (unpaired) electrons. The van der Waals surface area contributed by atoms with Crippen LogP contribution in [0.15, 0.2) is 23.0 Å². The average Bonchev–Trinajstić information content (AvgIpc) is 2.75. The highest BCUT2D eigenvalue weighted by molar-refractivity contribution is 7.80. The van der Waals surface area contributed by atoms with Gasteiger partial charge in [-0.05, 0) is 55.7 Å². The number of benzene rings is 1. The Labute approximate surface area is 189 Å². The maximum atomic E-state index is 12.8. The quantitative estimate of drug-likeness (QED) is 0.452. The number of nitrogens with one attached hydrogen (secondary N) is 2. The first kappa shape index (κ1) is 23.7. The molecule has 1 fully saturated rings. The van der Waals surface area contributed by atoms with Gasteiger partial charge < -0.3 is 24.7 Å². The van der Waals surface area contributed by atoms with Gasteiger partial charge in [-0.2, -0.15) is 0 Å². The molecule has 0 bridgehead atoms. The van der Waals surface area contributed by atoms with Crippen LogP contribution >= 0.6 is 12.2 Å². The maximum Gasteiger partial charge on any atom is 0.253 e. The zero-order valence-corrected chi connectivity index (χ0v) is 19.6. The van der Waals surface area contributed by atoms with Crippen molar-refractivity contribution in [3.8, 4) is 0 Å². The lowest BCUT2D eigenvalue weighted by atomic mass is 10.0. The Balaban J connectivity index is 1.76. The summed E-state index contributed by atoms with van der Waals surface area (Å²) in [6.45, 7) is 11.0. The number of rotatable bonds is 9. The van der Waals surface area contributed by atoms with E-state index in [1.165, 1.54) is 0 Å². The van der Waals surface area contributed by atoms with E-state index in [9.17, 15) is 4.79 Å². The Bertz CT molecular complexity index is 940. The number of ether oxygens (including phenoxy) is 2. The molecule has 170 valence electrons. The normalized spacial score (nSPS) is 14.7. The third kappa shape index (κ3) is 6.74. The summed E-state index contributed by atoms with van der Waals surface area (Å²) in [6.07, 6.45) is 0.878. The van der Waals surface area contributed by atoms with Gasteiger partial charge in [0.15, 0.2) is 5.11 Å². The number of aryl methyl sites for hydroxylation is 2. The number of pyridine rings is 1. The Hall–Kier alpha value is -2.00. The van der Waals surface area contributed by atoms with Crippen molar-refractivity contribution < 1.29 is 9.47 Å². The summed E-state index contributed by atoms with van der Waals surface area (Å²) in [5.41, 5.74) is 3.85. The predicted molar refractivity (Wildman–Crippen MR) is 129 cm³/mol. The van der Waals surface area contributed by atoms with Crippen LogP contribution in [0.1, 0.15) is 23.1 Å². The van der Waals surface area contributed by atoms with E-state index in [0.29, 0.717) is 18.3 Å². The summed E-state index contributed by atoms with van der Waals surface area (Å²) in [5, 5.41) is 5.07. The highest BCUT2D eigenvalue weighted by Crippen LogP contribution is 2.19. The predicted octanol–water partition coefficient (Wildman–Crippen LogP) is 2.19. The molecule has 1 aromatic carbocycles. The van der Waals surface area contributed by atoms with Gasteiger partial charge in [-0.3, -0.25) is 9.69 Å². The largest absolute Gasteiger partial charge is 0.385 e. The van der Waals surface area contributed by atoms with Crippen molar-refractivity contribution in [2.75, 3.05) is 59.7 Å². The van der Waals surface area contributed by atoms with Gasteiger partial charge in [0.25, 0.3) is 5.56 Å². The van der Waals surface area contributed by atoms with Gasteiger partial charge in [0.1, 0.15) is 0 Å². The number of hydrogen-bond acceptors (Lipinski definition) is 5. The molecular weight excluding hydrogens is 412 g/mol. The second-order valence-electron chi connectivity index (χ2n) is 8.12. The summed E-state index contributed by atoms with van der Waals surface area (Å²) in [7, 11) is 1.70. The van der Waals surface area contributed by atoms with Crippen molar-refractivity contribution in [1.82, 2.24) is 20.1 Å². The topological polar surface area (TPSA) is 69.8 Å². The van der Waals surface area contributed by atoms with E-state index in [2.05, 4.69) is 33.1 Å². The number of aromatic amines is 1. The van der Waals surface area contributed by atoms with E-state index in [4.69, 9.17) is 21.7 Å². The van der Waals surface area contributed by atoms with Crippen molar-refractivity contribution in [3.63, 3.8) is 0 Å². The van der Waals surface area contributed by atoms with Crippen molar-refractivity contribution in [1.29, 1.82) is 0 Å². The summed E-state index contributed by atoms with van der Waals surface area (Å²) < 4.78 is 10.6. The fourth-order valence-electron chi connectivity index (χ4n) is 3.90. The van der Waals surface area contributed by atoms with E-state index >= 15 is 0 Å². The van der Waals surface area contributed by atoms with Crippen LogP contribution in [0.4, 0.5) is 0 Å². The number of hydrogen-bond donors (Lipinski definition) is 2. The van der Waals surface area contributed by atoms with Crippen molar-refractivity contribution in [3.05, 3.63) is 45.2 Å². The van der Waals surface area contributed by atoms with Crippen LogP contribution in [0.25, 0.3) is 10.9 Å². The fourth-order valence-corrected chi connectivity index (χ4v) is 4.16. The first-order valence-electron chi connectivity index (χ1n) is 10.9. The lowest BCUT2D eigenvalue weighted by Gasteiger charge is -2.31. The molecule has 0 atom stereocenters. The Morgan fingerprint density at radius 1 is 1.29 bits per heavy atom. The van der Waals surface area contributed by atoms with Gasteiger partial charge in [-0.25, -0.2) is 0 Å². The smallest absolute Gasteiger partial charge is 0.253 e. The van der Waals surface area contributed by atoms with E-state index in [1.54, 1.807) is 7.11 Å². The third-order valence-corrected chi connectivity index (χ3v) is 6.03. The monoisotopic (exact) mass is 446 g/mol. The lowest BCUT2D eigenvalue weighted by Crippen LogP contribution is -2.46. The number of methoxy groups -OCH3 is 1. The molecule has 1 aromatic heterocycles. The van der Waals surface area contributed by atoms with Gasteiger partial charge >= 0.3 is 0 Å². The minimum Gasteiger partial charge on any atom is -0.385 e. The molecule has 8 heteroatoms. The zero-order valence-electron chi connectivity index (χ0n) is 18.8. The Morgan fingerprint density at radius 2 is 2.06 bits per heavy atom. The molecule has 0 spiro atoms. The molecule has 31 heavy (non-hydrogen) atoms. The third-order valence-electron chi connectivity index (χ3n) is 5.63. The van der Waals surface area contributed by atoms with E-state index in [-0.39, 0.29) is 5.56 Å². The highest BCUT2D eigenvalue weighted by atomic mass is 32.1. The molecule has 0 saturated carbocycles. The number of nitrogens with zero attached hydrogens (tertiary/aromatic N) is 2. The number of aromatic nitrogens is 1. The Morgan fingerprint density at radius 3 is 2.81 bits per heavy atom. The van der Waals surface area contributed by atoms with E-state index in [1.807, 2.05) is 19.1 Å². The van der Waals surface area contributed by atoms with Crippen molar-refractivity contribution in [2.24, 2.45) is 0 Å². The van der Waals surface area contributed by atoms with E-state index < -0.39 is 0 Å². The molecule has 2 aromatic rings. The molecule has 7 nitrogen and oxygen atoms in total. The van der Waals surface area contributed by atoms with Crippen LogP contribution < -0.4 is 10.9 Å². The van der Waals surface area contributed by atoms with Crippen LogP contribution in [-0.4, -0.2) is 79.6 Å². The second-order valence-corrected chi connectivity index (χ2v) is 8.51. The molecule has 3 rings (SSSR count). The number of morpholine rings is 1. The minimum absolute atomic E-state index is 0.0592. The minimum atomic E-state index is -0.0592. The maximum absolute atomic E-state index is 12.8. The van der Waals surface area contributed by atoms with Crippen molar-refractivity contribution >= 4 is 28.2 Å².